The van der Waals surface area contributed by atoms with E-state index in [-0.39, 0.29) is 6.61 Å². The van der Waals surface area contributed by atoms with Crippen molar-refractivity contribution in [1.29, 1.82) is 0 Å². The zero-order valence-corrected chi connectivity index (χ0v) is 11.8. The molecule has 120 valence electrons. The van der Waals surface area contributed by atoms with E-state index in [0.717, 1.165) is 25.7 Å². The molecule has 0 aliphatic heterocycles. The normalized spacial score (nSPS) is 17.3. The van der Waals surface area contributed by atoms with Crippen LogP contribution in [0.15, 0.2) is 0 Å². The van der Waals surface area contributed by atoms with Gasteiger partial charge in [-0.05, 0) is 6.42 Å². The largest absolute Gasteiger partial charge is 0.464 e. The molecule has 0 rings (SSSR count). The van der Waals surface area contributed by atoms with E-state index < -0.39 is 37.0 Å². The molecular formula is C13H26O7. The van der Waals surface area contributed by atoms with Gasteiger partial charge in [0.15, 0.2) is 6.10 Å². The van der Waals surface area contributed by atoms with Gasteiger partial charge in [0.1, 0.15) is 18.3 Å². The number of aliphatic hydroxyl groups excluding tert-OH is 5. The molecule has 7 nitrogen and oxygen atoms in total. The van der Waals surface area contributed by atoms with Crippen LogP contribution in [0.5, 0.6) is 0 Å². The molecule has 0 saturated heterocycles. The number of ether oxygens (including phenoxy) is 1. The second-order valence-corrected chi connectivity index (χ2v) is 4.76. The molecule has 0 amide bonds. The third-order valence-electron chi connectivity index (χ3n) is 2.99. The zero-order valence-electron chi connectivity index (χ0n) is 11.8. The van der Waals surface area contributed by atoms with Crippen LogP contribution < -0.4 is 0 Å². The first kappa shape index (κ1) is 19.3. The Labute approximate surface area is 118 Å². The molecule has 0 aromatic heterocycles. The summed E-state index contributed by atoms with van der Waals surface area (Å²) in [5, 5.41) is 46.0. The molecule has 0 aromatic carbocycles. The highest BCUT2D eigenvalue weighted by Crippen LogP contribution is 2.08. The monoisotopic (exact) mass is 294 g/mol. The lowest BCUT2D eigenvalue weighted by Gasteiger charge is -2.24. The van der Waals surface area contributed by atoms with Crippen molar-refractivity contribution < 1.29 is 35.1 Å². The predicted molar refractivity (Wildman–Crippen MR) is 70.8 cm³/mol. The molecular weight excluding hydrogens is 268 g/mol. The first-order valence-electron chi connectivity index (χ1n) is 6.95. The Hall–Kier alpha value is -0.730. The van der Waals surface area contributed by atoms with Crippen molar-refractivity contribution in [3.63, 3.8) is 0 Å². The van der Waals surface area contributed by atoms with Crippen molar-refractivity contribution in [2.75, 3.05) is 13.2 Å². The van der Waals surface area contributed by atoms with Crippen LogP contribution >= 0.6 is 0 Å². The number of hydrogen-bond donors (Lipinski definition) is 5. The van der Waals surface area contributed by atoms with Crippen molar-refractivity contribution in [3.8, 4) is 0 Å². The highest BCUT2D eigenvalue weighted by molar-refractivity contribution is 5.75. The number of rotatable bonds is 11. The van der Waals surface area contributed by atoms with Crippen LogP contribution in [0.25, 0.3) is 0 Å². The van der Waals surface area contributed by atoms with Crippen molar-refractivity contribution in [1.82, 2.24) is 0 Å². The number of carbonyl (C=O) groups is 1. The van der Waals surface area contributed by atoms with Gasteiger partial charge in [-0.2, -0.15) is 0 Å². The van der Waals surface area contributed by atoms with Gasteiger partial charge in [-0.3, -0.25) is 0 Å². The van der Waals surface area contributed by atoms with Gasteiger partial charge in [-0.25, -0.2) is 4.79 Å². The topological polar surface area (TPSA) is 127 Å². The lowest BCUT2D eigenvalue weighted by molar-refractivity contribution is -0.170. The highest BCUT2D eigenvalue weighted by Gasteiger charge is 2.34. The van der Waals surface area contributed by atoms with Crippen LogP contribution in [0, 0.1) is 0 Å². The van der Waals surface area contributed by atoms with Gasteiger partial charge in [0.2, 0.25) is 0 Å². The molecule has 0 radical (unpaired) electrons. The Morgan fingerprint density at radius 3 is 2.15 bits per heavy atom. The maximum atomic E-state index is 11.4. The molecule has 0 aliphatic rings. The van der Waals surface area contributed by atoms with Crippen molar-refractivity contribution in [2.24, 2.45) is 0 Å². The van der Waals surface area contributed by atoms with Gasteiger partial charge in [-0.15, -0.1) is 0 Å². The molecule has 0 saturated carbocycles. The molecule has 0 aliphatic carbocycles. The SMILES string of the molecule is CCCCCCCOC(=O)[C@H](O)[C@@H](O)[C@H](O)[C@H](O)CO. The number of carbonyl (C=O) groups excluding carboxylic acids is 1. The van der Waals surface area contributed by atoms with Crippen LogP contribution in [0.1, 0.15) is 39.0 Å². The minimum absolute atomic E-state index is 0.130. The second kappa shape index (κ2) is 11.0. The second-order valence-electron chi connectivity index (χ2n) is 4.76. The van der Waals surface area contributed by atoms with Crippen molar-refractivity contribution >= 4 is 5.97 Å². The van der Waals surface area contributed by atoms with Gasteiger partial charge < -0.3 is 30.3 Å². The number of aliphatic hydroxyl groups is 5. The van der Waals surface area contributed by atoms with Crippen LogP contribution in [-0.2, 0) is 9.53 Å². The first-order valence-corrected chi connectivity index (χ1v) is 6.95. The summed E-state index contributed by atoms with van der Waals surface area (Å²) in [4.78, 5) is 11.4. The van der Waals surface area contributed by atoms with E-state index in [2.05, 4.69) is 6.92 Å². The number of unbranched alkanes of at least 4 members (excludes halogenated alkanes) is 4. The molecule has 20 heavy (non-hydrogen) atoms. The summed E-state index contributed by atoms with van der Waals surface area (Å²) >= 11 is 0. The Kier molecular flexibility index (Phi) is 10.6. The molecule has 0 bridgehead atoms. The Bertz CT molecular complexity index is 259. The fourth-order valence-corrected chi connectivity index (χ4v) is 1.63. The van der Waals surface area contributed by atoms with Crippen LogP contribution in [0.3, 0.4) is 0 Å². The average molecular weight is 294 g/mol. The summed E-state index contributed by atoms with van der Waals surface area (Å²) < 4.78 is 4.76. The molecule has 4 atom stereocenters. The van der Waals surface area contributed by atoms with E-state index in [0.29, 0.717) is 6.42 Å². The summed E-state index contributed by atoms with van der Waals surface area (Å²) in [7, 11) is 0. The average Bonchev–Trinajstić information content (AvgIpc) is 2.47. The maximum absolute atomic E-state index is 11.4. The number of esters is 1. The fourth-order valence-electron chi connectivity index (χ4n) is 1.63. The quantitative estimate of drug-likeness (QED) is 0.243. The van der Waals surface area contributed by atoms with Crippen molar-refractivity contribution in [3.05, 3.63) is 0 Å². The Morgan fingerprint density at radius 2 is 1.60 bits per heavy atom. The highest BCUT2D eigenvalue weighted by atomic mass is 16.5. The molecule has 5 N–H and O–H groups in total. The summed E-state index contributed by atoms with van der Waals surface area (Å²) in [6.07, 6.45) is -2.50. The van der Waals surface area contributed by atoms with Gasteiger partial charge in [0.25, 0.3) is 0 Å². The number of hydrogen-bond acceptors (Lipinski definition) is 7. The predicted octanol–water partition coefficient (Wildman–Crippen LogP) is -1.06. The molecule has 0 spiro atoms. The van der Waals surface area contributed by atoms with Gasteiger partial charge in [0.05, 0.1) is 13.2 Å². The van der Waals surface area contributed by atoms with E-state index in [1.54, 1.807) is 0 Å². The van der Waals surface area contributed by atoms with Gasteiger partial charge in [0, 0.05) is 0 Å². The first-order chi connectivity index (χ1) is 9.45. The van der Waals surface area contributed by atoms with E-state index in [9.17, 15) is 20.1 Å². The summed E-state index contributed by atoms with van der Waals surface area (Å²) in [5.74, 6) is -1.06. The molecule has 0 fully saturated rings. The van der Waals surface area contributed by atoms with E-state index in [4.69, 9.17) is 14.9 Å². The van der Waals surface area contributed by atoms with E-state index in [1.807, 2.05) is 0 Å². The smallest absolute Gasteiger partial charge is 0.337 e. The summed E-state index contributed by atoms with van der Waals surface area (Å²) in [5.41, 5.74) is 0. The fraction of sp³-hybridized carbons (Fsp3) is 0.923. The third-order valence-corrected chi connectivity index (χ3v) is 2.99. The molecule has 0 aromatic rings. The van der Waals surface area contributed by atoms with Gasteiger partial charge >= 0.3 is 5.97 Å². The summed E-state index contributed by atoms with van der Waals surface area (Å²) in [6.45, 7) is 1.42. The summed E-state index contributed by atoms with van der Waals surface area (Å²) in [6, 6.07) is 0. The Balaban J connectivity index is 3.96. The van der Waals surface area contributed by atoms with Gasteiger partial charge in [-0.1, -0.05) is 32.6 Å². The standard InChI is InChI=1S/C13H26O7/c1-2-3-4-5-6-7-20-13(19)12(18)11(17)10(16)9(15)8-14/h9-12,14-18H,2-8H2,1H3/t9-,10-,11+,12-/m1/s1. The third kappa shape index (κ3) is 7.16. The maximum Gasteiger partial charge on any atom is 0.337 e. The molecule has 0 unspecified atom stereocenters. The molecule has 7 heteroatoms. The minimum atomic E-state index is -1.96. The molecule has 0 heterocycles. The Morgan fingerprint density at radius 1 is 1.00 bits per heavy atom. The zero-order chi connectivity index (χ0) is 15.5. The van der Waals surface area contributed by atoms with Crippen molar-refractivity contribution in [2.45, 2.75) is 63.4 Å². The van der Waals surface area contributed by atoms with Crippen LogP contribution in [0.2, 0.25) is 0 Å². The van der Waals surface area contributed by atoms with E-state index >= 15 is 0 Å². The lowest BCUT2D eigenvalue weighted by atomic mass is 10.0. The van der Waals surface area contributed by atoms with E-state index in [1.165, 1.54) is 0 Å². The lowest BCUT2D eigenvalue weighted by Crippen LogP contribution is -2.49. The minimum Gasteiger partial charge on any atom is -0.464 e. The van der Waals surface area contributed by atoms with Crippen LogP contribution in [0.4, 0.5) is 0 Å². The van der Waals surface area contributed by atoms with Crippen LogP contribution in [-0.4, -0.2) is 69.1 Å².